The third-order valence-corrected chi connectivity index (χ3v) is 8.41. The van der Waals surface area contributed by atoms with Crippen LogP contribution in [0.5, 0.6) is 0 Å². The number of carbonyl (C=O) groups excluding carboxylic acids is 1. The number of halogens is 3. The lowest BCUT2D eigenvalue weighted by Gasteiger charge is -2.50. The van der Waals surface area contributed by atoms with Crippen LogP contribution in [0, 0.1) is 16.6 Å². The molecule has 0 aromatic heterocycles. The predicted octanol–water partition coefficient (Wildman–Crippen LogP) is 5.99. The number of piperidine rings is 1. The molecule has 0 spiro atoms. The smallest absolute Gasteiger partial charge is 0.339 e. The van der Waals surface area contributed by atoms with E-state index >= 15 is 0 Å². The molecule has 2 rings (SSSR count). The van der Waals surface area contributed by atoms with Crippen LogP contribution < -0.4 is 5.32 Å². The maximum atomic E-state index is 12.9. The standard InChI is InChI=1S/C19H26I3NO2/c1-17(2)9-11(10-18(3,4)23-17)19(5,6)25-16(24)13-7-12(20)8-14(21)15(13)22/h7-8,11,23H,9-10H2,1-6H3. The molecule has 1 aromatic rings. The van der Waals surface area contributed by atoms with Gasteiger partial charge in [0.15, 0.2) is 0 Å². The Labute approximate surface area is 192 Å². The number of benzene rings is 1. The van der Waals surface area contributed by atoms with Gasteiger partial charge in [-0.15, -0.1) is 0 Å². The Morgan fingerprint density at radius 1 is 1.12 bits per heavy atom. The molecule has 1 aromatic carbocycles. The van der Waals surface area contributed by atoms with Crippen LogP contribution in [0.15, 0.2) is 12.1 Å². The zero-order chi connectivity index (χ0) is 19.2. The van der Waals surface area contributed by atoms with Crippen molar-refractivity contribution in [1.29, 1.82) is 0 Å². The Kier molecular flexibility index (Phi) is 6.81. The van der Waals surface area contributed by atoms with Gasteiger partial charge in [-0.1, -0.05) is 0 Å². The van der Waals surface area contributed by atoms with E-state index in [2.05, 4.69) is 121 Å². The number of esters is 1. The quantitative estimate of drug-likeness (QED) is 0.242. The molecule has 1 saturated heterocycles. The van der Waals surface area contributed by atoms with Gasteiger partial charge >= 0.3 is 5.97 Å². The van der Waals surface area contributed by atoms with Crippen molar-refractivity contribution in [3.63, 3.8) is 0 Å². The lowest BCUT2D eigenvalue weighted by molar-refractivity contribution is -0.0588. The first-order chi connectivity index (χ1) is 11.2. The van der Waals surface area contributed by atoms with E-state index in [1.54, 1.807) is 0 Å². The first-order valence-corrected chi connectivity index (χ1v) is 11.6. The Hall–Kier alpha value is 0.840. The number of ether oxygens (including phenoxy) is 1. The third-order valence-electron chi connectivity index (χ3n) is 4.74. The number of nitrogens with one attached hydrogen (secondary N) is 1. The molecule has 0 aliphatic carbocycles. The first-order valence-electron chi connectivity index (χ1n) is 8.40. The molecule has 25 heavy (non-hydrogen) atoms. The molecule has 1 aliphatic heterocycles. The Morgan fingerprint density at radius 3 is 2.16 bits per heavy atom. The highest BCUT2D eigenvalue weighted by atomic mass is 127. The second-order valence-electron chi connectivity index (χ2n) is 8.74. The summed E-state index contributed by atoms with van der Waals surface area (Å²) in [7, 11) is 0. The van der Waals surface area contributed by atoms with E-state index in [0.29, 0.717) is 11.5 Å². The second kappa shape index (κ2) is 7.69. The van der Waals surface area contributed by atoms with Crippen molar-refractivity contribution in [3.05, 3.63) is 28.4 Å². The van der Waals surface area contributed by atoms with Crippen molar-refractivity contribution in [1.82, 2.24) is 5.32 Å². The molecule has 0 amide bonds. The number of hydrogen-bond donors (Lipinski definition) is 1. The molecule has 1 heterocycles. The van der Waals surface area contributed by atoms with Gasteiger partial charge in [0, 0.05) is 27.7 Å². The van der Waals surface area contributed by atoms with E-state index < -0.39 is 5.60 Å². The average molecular weight is 681 g/mol. The van der Waals surface area contributed by atoms with Gasteiger partial charge in [0.1, 0.15) is 5.60 Å². The van der Waals surface area contributed by atoms with Crippen molar-refractivity contribution < 1.29 is 9.53 Å². The number of carbonyl (C=O) groups is 1. The number of rotatable bonds is 3. The highest BCUT2D eigenvalue weighted by Gasteiger charge is 2.45. The molecule has 1 N–H and O–H groups in total. The largest absolute Gasteiger partial charge is 0.456 e. The molecule has 0 saturated carbocycles. The summed E-state index contributed by atoms with van der Waals surface area (Å²) in [5, 5.41) is 3.70. The summed E-state index contributed by atoms with van der Waals surface area (Å²) >= 11 is 6.75. The Morgan fingerprint density at radius 2 is 1.64 bits per heavy atom. The summed E-state index contributed by atoms with van der Waals surface area (Å²) in [6.07, 6.45) is 1.97. The molecule has 0 atom stereocenters. The van der Waals surface area contributed by atoms with Crippen molar-refractivity contribution in [2.75, 3.05) is 0 Å². The van der Waals surface area contributed by atoms with Gasteiger partial charge in [0.05, 0.1) is 5.56 Å². The highest BCUT2D eigenvalue weighted by Crippen LogP contribution is 2.40. The molecule has 1 aliphatic rings. The lowest BCUT2D eigenvalue weighted by Crippen LogP contribution is -2.61. The zero-order valence-electron chi connectivity index (χ0n) is 15.6. The van der Waals surface area contributed by atoms with E-state index in [0.717, 1.165) is 23.6 Å². The summed E-state index contributed by atoms with van der Waals surface area (Å²) in [5.41, 5.74) is 0.213. The van der Waals surface area contributed by atoms with Crippen molar-refractivity contribution in [2.45, 2.75) is 71.1 Å². The van der Waals surface area contributed by atoms with E-state index in [-0.39, 0.29) is 17.0 Å². The molecule has 0 unspecified atom stereocenters. The Bertz CT molecular complexity index is 667. The maximum absolute atomic E-state index is 12.9. The minimum atomic E-state index is -0.510. The summed E-state index contributed by atoms with van der Waals surface area (Å²) in [4.78, 5) is 12.9. The van der Waals surface area contributed by atoms with Crippen LogP contribution in [0.1, 0.15) is 64.7 Å². The molecule has 1 fully saturated rings. The van der Waals surface area contributed by atoms with Gasteiger partial charge in [-0.2, -0.15) is 0 Å². The van der Waals surface area contributed by atoms with Crippen LogP contribution >= 0.6 is 67.8 Å². The summed E-state index contributed by atoms with van der Waals surface area (Å²) in [6.45, 7) is 13.0. The fourth-order valence-corrected chi connectivity index (χ4v) is 6.27. The van der Waals surface area contributed by atoms with Crippen LogP contribution in [0.2, 0.25) is 0 Å². The fraction of sp³-hybridized carbons (Fsp3) is 0.632. The van der Waals surface area contributed by atoms with Crippen LogP contribution in [0.4, 0.5) is 0 Å². The van der Waals surface area contributed by atoms with Crippen molar-refractivity contribution in [3.8, 4) is 0 Å². The normalized spacial score (nSPS) is 20.4. The summed E-state index contributed by atoms with van der Waals surface area (Å²) in [5.74, 6) is 0.0854. The van der Waals surface area contributed by atoms with Gasteiger partial charge in [-0.05, 0) is 134 Å². The van der Waals surface area contributed by atoms with E-state index in [9.17, 15) is 4.79 Å². The maximum Gasteiger partial charge on any atom is 0.339 e. The van der Waals surface area contributed by atoms with Gasteiger partial charge in [-0.3, -0.25) is 0 Å². The van der Waals surface area contributed by atoms with Crippen LogP contribution in [-0.4, -0.2) is 22.6 Å². The first kappa shape index (κ1) is 22.1. The molecule has 6 heteroatoms. The van der Waals surface area contributed by atoms with Gasteiger partial charge in [-0.25, -0.2) is 4.79 Å². The van der Waals surface area contributed by atoms with Gasteiger partial charge in [0.25, 0.3) is 0 Å². The molecule has 0 bridgehead atoms. The van der Waals surface area contributed by atoms with Crippen LogP contribution in [0.3, 0.4) is 0 Å². The fourth-order valence-electron chi connectivity index (χ4n) is 3.90. The monoisotopic (exact) mass is 681 g/mol. The molecular formula is C19H26I3NO2. The molecule has 140 valence electrons. The number of hydrogen-bond acceptors (Lipinski definition) is 3. The third kappa shape index (κ3) is 5.66. The second-order valence-corrected chi connectivity index (χ2v) is 12.2. The van der Waals surface area contributed by atoms with Crippen molar-refractivity contribution >= 4 is 73.7 Å². The Balaban J connectivity index is 2.25. The van der Waals surface area contributed by atoms with E-state index in [1.807, 2.05) is 6.07 Å². The van der Waals surface area contributed by atoms with Crippen LogP contribution in [-0.2, 0) is 4.74 Å². The average Bonchev–Trinajstić information content (AvgIpc) is 2.38. The van der Waals surface area contributed by atoms with Gasteiger partial charge in [0.2, 0.25) is 0 Å². The molecule has 3 nitrogen and oxygen atoms in total. The predicted molar refractivity (Wildman–Crippen MR) is 128 cm³/mol. The topological polar surface area (TPSA) is 38.3 Å². The van der Waals surface area contributed by atoms with E-state index in [4.69, 9.17) is 4.74 Å². The summed E-state index contributed by atoms with van der Waals surface area (Å²) in [6, 6.07) is 3.99. The minimum absolute atomic E-state index is 0.0298. The highest BCUT2D eigenvalue weighted by molar-refractivity contribution is 14.1. The minimum Gasteiger partial charge on any atom is -0.456 e. The van der Waals surface area contributed by atoms with E-state index in [1.165, 1.54) is 0 Å². The van der Waals surface area contributed by atoms with Gasteiger partial charge < -0.3 is 10.1 Å². The van der Waals surface area contributed by atoms with Crippen molar-refractivity contribution in [2.24, 2.45) is 5.92 Å². The lowest BCUT2D eigenvalue weighted by atomic mass is 9.70. The molecular weight excluding hydrogens is 655 g/mol. The summed E-state index contributed by atoms with van der Waals surface area (Å²) < 4.78 is 9.16. The SMILES string of the molecule is CC1(C)CC(C(C)(C)OC(=O)c2cc(I)cc(I)c2I)CC(C)(C)N1. The molecule has 0 radical (unpaired) electrons. The van der Waals surface area contributed by atoms with Crippen LogP contribution in [0.25, 0.3) is 0 Å². The zero-order valence-corrected chi connectivity index (χ0v) is 22.1.